The highest BCUT2D eigenvalue weighted by Crippen LogP contribution is 2.36. The Hall–Kier alpha value is -4.17. The normalized spacial score (nSPS) is 11.6. The molecule has 0 N–H and O–H groups in total. The van der Waals surface area contributed by atoms with E-state index in [1.165, 1.54) is 36.7 Å². The van der Waals surface area contributed by atoms with Crippen molar-refractivity contribution in [3.63, 3.8) is 0 Å². The number of Topliss-reactive ketones (excluding diaryl/α,β-unsaturated/α-hetero) is 1. The lowest BCUT2D eigenvalue weighted by Crippen LogP contribution is -2.13. The van der Waals surface area contributed by atoms with E-state index in [1.54, 1.807) is 12.1 Å². The maximum Gasteiger partial charge on any atom is 0.416 e. The van der Waals surface area contributed by atoms with Crippen molar-refractivity contribution in [2.24, 2.45) is 0 Å². The summed E-state index contributed by atoms with van der Waals surface area (Å²) in [4.78, 5) is 16.4. The molecule has 0 atom stereocenters. The van der Waals surface area contributed by atoms with Gasteiger partial charge in [0.05, 0.1) is 22.7 Å². The van der Waals surface area contributed by atoms with Gasteiger partial charge in [-0.1, -0.05) is 28.9 Å². The van der Waals surface area contributed by atoms with Gasteiger partial charge in [-0.2, -0.15) is 26.3 Å². The predicted octanol–water partition coefficient (Wildman–Crippen LogP) is 6.31. The second-order valence-corrected chi connectivity index (χ2v) is 8.06. The van der Waals surface area contributed by atoms with Gasteiger partial charge in [0.2, 0.25) is 5.78 Å². The van der Waals surface area contributed by atoms with Gasteiger partial charge in [-0.15, -0.1) is 5.10 Å². The van der Waals surface area contributed by atoms with E-state index < -0.39 is 35.8 Å². The number of hydrogen-bond acceptors (Lipinski definition) is 4. The Labute approximate surface area is 210 Å². The van der Waals surface area contributed by atoms with Crippen molar-refractivity contribution in [2.75, 3.05) is 0 Å². The average molecular weight is 535 g/mol. The summed E-state index contributed by atoms with van der Waals surface area (Å²) < 4.78 is 80.9. The molecular formula is C25H13ClF6N4O. The monoisotopic (exact) mass is 534 g/mol. The van der Waals surface area contributed by atoms with Crippen LogP contribution >= 0.6 is 11.6 Å². The largest absolute Gasteiger partial charge is 0.416 e. The van der Waals surface area contributed by atoms with Crippen LogP contribution in [-0.4, -0.2) is 25.8 Å². The number of carbonyl (C=O) groups excluding carboxylic acids is 1. The number of benzene rings is 2. The zero-order valence-electron chi connectivity index (χ0n) is 18.4. The number of hydrogen-bond donors (Lipinski definition) is 0. The Kier molecular flexibility index (Phi) is 7.05. The Morgan fingerprint density at radius 3 is 2.14 bits per heavy atom. The molecule has 0 amide bonds. The number of carbonyl (C=O) groups is 1. The summed E-state index contributed by atoms with van der Waals surface area (Å²) in [6.45, 7) is -0.488. The molecule has 0 radical (unpaired) electrons. The van der Waals surface area contributed by atoms with Gasteiger partial charge in [-0.05, 0) is 59.9 Å². The van der Waals surface area contributed by atoms with Crippen LogP contribution in [0.2, 0.25) is 5.02 Å². The molecule has 0 spiro atoms. The fourth-order valence-electron chi connectivity index (χ4n) is 3.42. The number of halogens is 7. The van der Waals surface area contributed by atoms with Crippen LogP contribution in [0.3, 0.4) is 0 Å². The van der Waals surface area contributed by atoms with Crippen molar-refractivity contribution in [3.8, 4) is 23.1 Å². The second kappa shape index (κ2) is 10.1. The van der Waals surface area contributed by atoms with Crippen molar-refractivity contribution >= 4 is 17.4 Å². The first-order chi connectivity index (χ1) is 17.4. The topological polar surface area (TPSA) is 60.7 Å². The molecule has 0 saturated heterocycles. The van der Waals surface area contributed by atoms with Crippen LogP contribution in [0.15, 0.2) is 67.0 Å². The summed E-state index contributed by atoms with van der Waals surface area (Å²) in [7, 11) is 0. The molecule has 0 unspecified atom stereocenters. The summed E-state index contributed by atoms with van der Waals surface area (Å²) >= 11 is 6.02. The Balaban J connectivity index is 1.79. The highest BCUT2D eigenvalue weighted by atomic mass is 35.5. The van der Waals surface area contributed by atoms with Gasteiger partial charge in [-0.25, -0.2) is 4.68 Å². The van der Waals surface area contributed by atoms with Crippen molar-refractivity contribution in [2.45, 2.75) is 18.9 Å². The first-order valence-corrected chi connectivity index (χ1v) is 10.7. The Morgan fingerprint density at radius 1 is 0.919 bits per heavy atom. The molecule has 0 saturated carbocycles. The Morgan fingerprint density at radius 2 is 1.54 bits per heavy atom. The number of nitrogens with zero attached hydrogens (tertiary/aromatic N) is 4. The molecule has 37 heavy (non-hydrogen) atoms. The number of ketones is 1. The zero-order chi connectivity index (χ0) is 26.8. The minimum absolute atomic E-state index is 0.0189. The quantitative estimate of drug-likeness (QED) is 0.175. The molecule has 2 aromatic heterocycles. The highest BCUT2D eigenvalue weighted by Gasteiger charge is 2.37. The van der Waals surface area contributed by atoms with Gasteiger partial charge in [-0.3, -0.25) is 9.78 Å². The molecule has 4 rings (SSSR count). The third-order valence-corrected chi connectivity index (χ3v) is 5.41. The molecule has 0 aliphatic rings. The van der Waals surface area contributed by atoms with Crippen molar-refractivity contribution in [1.29, 1.82) is 0 Å². The first-order valence-electron chi connectivity index (χ1n) is 10.4. The number of rotatable bonds is 4. The number of alkyl halides is 6. The molecular weight excluding hydrogens is 522 g/mol. The van der Waals surface area contributed by atoms with Gasteiger partial charge >= 0.3 is 12.4 Å². The zero-order valence-corrected chi connectivity index (χ0v) is 19.2. The molecule has 12 heteroatoms. The molecule has 0 bridgehead atoms. The predicted molar refractivity (Wildman–Crippen MR) is 121 cm³/mol. The summed E-state index contributed by atoms with van der Waals surface area (Å²) in [5, 5.41) is 7.98. The third kappa shape index (κ3) is 5.98. The van der Waals surface area contributed by atoms with E-state index in [2.05, 4.69) is 27.1 Å². The lowest BCUT2D eigenvalue weighted by atomic mass is 10.0. The number of aromatic nitrogens is 4. The van der Waals surface area contributed by atoms with Crippen LogP contribution in [0.1, 0.15) is 32.7 Å². The maximum absolute atomic E-state index is 13.3. The minimum atomic E-state index is -5.00. The highest BCUT2D eigenvalue weighted by molar-refractivity contribution is 6.35. The van der Waals surface area contributed by atoms with Crippen LogP contribution in [0.25, 0.3) is 11.3 Å². The van der Waals surface area contributed by atoms with Gasteiger partial charge in [0, 0.05) is 23.5 Å². The summed E-state index contributed by atoms with van der Waals surface area (Å²) in [6.07, 6.45) is -7.15. The van der Waals surface area contributed by atoms with E-state index in [0.717, 1.165) is 4.68 Å². The fourth-order valence-corrected chi connectivity index (χ4v) is 3.64. The molecule has 2 aromatic carbocycles. The smallest absolute Gasteiger partial charge is 0.279 e. The summed E-state index contributed by atoms with van der Waals surface area (Å²) in [5.41, 5.74) is -2.48. The molecule has 0 aliphatic carbocycles. The van der Waals surface area contributed by atoms with E-state index in [0.29, 0.717) is 17.7 Å². The first kappa shape index (κ1) is 25.9. The minimum Gasteiger partial charge on any atom is -0.279 e. The van der Waals surface area contributed by atoms with Crippen LogP contribution in [-0.2, 0) is 18.9 Å². The van der Waals surface area contributed by atoms with Gasteiger partial charge in [0.25, 0.3) is 0 Å². The summed E-state index contributed by atoms with van der Waals surface area (Å²) in [5.74, 6) is 4.36. The lowest BCUT2D eigenvalue weighted by Gasteiger charge is -2.15. The average Bonchev–Trinajstić information content (AvgIpc) is 3.24. The molecule has 0 fully saturated rings. The molecule has 188 valence electrons. The van der Waals surface area contributed by atoms with E-state index in [9.17, 15) is 31.1 Å². The SMILES string of the molecule is O=C(C#Cc1nnn(Cc2cc(C(F)(F)F)cc(C(F)(F)F)c2)c1-c1ccncc1)c1ccccc1Cl. The van der Waals surface area contributed by atoms with Crippen LogP contribution in [0.4, 0.5) is 26.3 Å². The van der Waals surface area contributed by atoms with Gasteiger partial charge in [0.1, 0.15) is 5.69 Å². The fraction of sp³-hybridized carbons (Fsp3) is 0.120. The Bertz CT molecular complexity index is 1490. The second-order valence-electron chi connectivity index (χ2n) is 7.65. The van der Waals surface area contributed by atoms with Crippen molar-refractivity contribution < 1.29 is 31.1 Å². The molecule has 5 nitrogen and oxygen atoms in total. The number of pyridine rings is 1. The lowest BCUT2D eigenvalue weighted by molar-refractivity contribution is -0.143. The van der Waals surface area contributed by atoms with E-state index >= 15 is 0 Å². The molecule has 2 heterocycles. The van der Waals surface area contributed by atoms with Gasteiger partial charge < -0.3 is 0 Å². The standard InChI is InChI=1S/C25H13ClF6N4O/c26-20-4-2-1-3-19(20)22(37)6-5-21-23(16-7-9-33-10-8-16)36(35-34-21)14-15-11-17(24(27,28)29)13-18(12-15)25(30,31)32/h1-4,7-13H,14H2. The van der Waals surface area contributed by atoms with Crippen LogP contribution < -0.4 is 0 Å². The van der Waals surface area contributed by atoms with Gasteiger partial charge in [0.15, 0.2) is 5.69 Å². The van der Waals surface area contributed by atoms with Crippen molar-refractivity contribution in [1.82, 2.24) is 20.0 Å². The molecule has 4 aromatic rings. The van der Waals surface area contributed by atoms with E-state index in [4.69, 9.17) is 11.6 Å². The van der Waals surface area contributed by atoms with Crippen molar-refractivity contribution in [3.05, 3.63) is 100.0 Å². The molecule has 0 aliphatic heterocycles. The van der Waals surface area contributed by atoms with Crippen LogP contribution in [0.5, 0.6) is 0 Å². The third-order valence-electron chi connectivity index (χ3n) is 5.08. The van der Waals surface area contributed by atoms with Crippen LogP contribution in [0, 0.1) is 11.8 Å². The van der Waals surface area contributed by atoms with E-state index in [-0.39, 0.29) is 33.6 Å². The maximum atomic E-state index is 13.3. The van der Waals surface area contributed by atoms with E-state index in [1.807, 2.05) is 0 Å². The summed E-state index contributed by atoms with van der Waals surface area (Å²) in [6, 6.07) is 10.6.